The number of hydrogen-bond acceptors (Lipinski definition) is 2. The Labute approximate surface area is 112 Å². The molecule has 0 aromatic carbocycles. The van der Waals surface area contributed by atoms with E-state index in [1.165, 1.54) is 0 Å². The zero-order chi connectivity index (χ0) is 13.8. The number of ether oxygens (including phenoxy) is 1. The number of aliphatic imine (C=N–C) groups is 1. The summed E-state index contributed by atoms with van der Waals surface area (Å²) >= 11 is 0. The lowest BCUT2D eigenvalue weighted by molar-refractivity contribution is 0.0266. The van der Waals surface area contributed by atoms with Crippen molar-refractivity contribution in [3.8, 4) is 12.3 Å². The van der Waals surface area contributed by atoms with Crippen LogP contribution in [0.3, 0.4) is 0 Å². The van der Waals surface area contributed by atoms with Gasteiger partial charge in [0.05, 0.1) is 12.6 Å². The fourth-order valence-electron chi connectivity index (χ4n) is 1.60. The van der Waals surface area contributed by atoms with Gasteiger partial charge >= 0.3 is 0 Å². The van der Waals surface area contributed by atoms with E-state index >= 15 is 0 Å². The summed E-state index contributed by atoms with van der Waals surface area (Å²) in [6.45, 7) is 11.2. The standard InChI is InChI=1S/C14H27N3O/c1-6-10-16-14(15-7-2)17-11-9-13(12(4)5)18-8-3/h1,12-13H,7-11H2,2-5H3,(H2,15,16,17). The van der Waals surface area contributed by atoms with Gasteiger partial charge in [-0.1, -0.05) is 19.8 Å². The van der Waals surface area contributed by atoms with Gasteiger partial charge in [-0.05, 0) is 26.2 Å². The van der Waals surface area contributed by atoms with E-state index in [1.807, 2.05) is 13.8 Å². The molecule has 1 atom stereocenters. The predicted molar refractivity (Wildman–Crippen MR) is 77.7 cm³/mol. The Morgan fingerprint density at radius 1 is 1.33 bits per heavy atom. The van der Waals surface area contributed by atoms with Crippen LogP contribution in [0.15, 0.2) is 4.99 Å². The number of nitrogens with zero attached hydrogens (tertiary/aromatic N) is 1. The molecule has 0 aliphatic rings. The minimum Gasteiger partial charge on any atom is -0.378 e. The Bertz CT molecular complexity index is 269. The van der Waals surface area contributed by atoms with E-state index in [9.17, 15) is 0 Å². The fourth-order valence-corrected chi connectivity index (χ4v) is 1.60. The molecule has 0 bridgehead atoms. The van der Waals surface area contributed by atoms with Crippen molar-refractivity contribution < 1.29 is 4.74 Å². The number of nitrogens with one attached hydrogen (secondary N) is 2. The number of guanidine groups is 1. The minimum absolute atomic E-state index is 0.272. The molecule has 2 N–H and O–H groups in total. The predicted octanol–water partition coefficient (Wildman–Crippen LogP) is 1.63. The van der Waals surface area contributed by atoms with Gasteiger partial charge in [-0.3, -0.25) is 4.99 Å². The molecule has 104 valence electrons. The van der Waals surface area contributed by atoms with Crippen molar-refractivity contribution in [1.29, 1.82) is 0 Å². The summed E-state index contributed by atoms with van der Waals surface area (Å²) in [5, 5.41) is 6.22. The molecule has 1 unspecified atom stereocenters. The lowest BCUT2D eigenvalue weighted by Gasteiger charge is -2.20. The highest BCUT2D eigenvalue weighted by Crippen LogP contribution is 2.10. The highest BCUT2D eigenvalue weighted by molar-refractivity contribution is 5.79. The molecule has 0 saturated carbocycles. The summed E-state index contributed by atoms with van der Waals surface area (Å²) in [6, 6.07) is 0. The Kier molecular flexibility index (Phi) is 10.2. The van der Waals surface area contributed by atoms with E-state index in [4.69, 9.17) is 11.2 Å². The van der Waals surface area contributed by atoms with Crippen LogP contribution < -0.4 is 10.6 Å². The highest BCUT2D eigenvalue weighted by Gasteiger charge is 2.12. The molecule has 0 saturated heterocycles. The molecule has 0 amide bonds. The van der Waals surface area contributed by atoms with Crippen LogP contribution in [0, 0.1) is 18.3 Å². The van der Waals surface area contributed by atoms with Crippen molar-refractivity contribution >= 4 is 5.96 Å². The van der Waals surface area contributed by atoms with E-state index < -0.39 is 0 Å². The topological polar surface area (TPSA) is 45.7 Å². The van der Waals surface area contributed by atoms with E-state index in [2.05, 4.69) is 35.4 Å². The SMILES string of the molecule is C#CCNC(=NCCC(OCC)C(C)C)NCC. The first kappa shape index (κ1) is 16.8. The van der Waals surface area contributed by atoms with Crippen LogP contribution in [-0.4, -0.2) is 38.3 Å². The van der Waals surface area contributed by atoms with Crippen molar-refractivity contribution in [1.82, 2.24) is 10.6 Å². The van der Waals surface area contributed by atoms with Crippen LogP contribution in [0.5, 0.6) is 0 Å². The maximum absolute atomic E-state index is 5.68. The third kappa shape index (κ3) is 7.97. The van der Waals surface area contributed by atoms with E-state index in [0.717, 1.165) is 32.1 Å². The third-order valence-electron chi connectivity index (χ3n) is 2.51. The van der Waals surface area contributed by atoms with Crippen LogP contribution in [-0.2, 0) is 4.74 Å². The van der Waals surface area contributed by atoms with Gasteiger partial charge in [0.25, 0.3) is 0 Å². The molecule has 4 nitrogen and oxygen atoms in total. The van der Waals surface area contributed by atoms with E-state index in [0.29, 0.717) is 12.5 Å². The summed E-state index contributed by atoms with van der Waals surface area (Å²) in [5.41, 5.74) is 0. The van der Waals surface area contributed by atoms with Gasteiger partial charge in [0.2, 0.25) is 0 Å². The molecule has 18 heavy (non-hydrogen) atoms. The van der Waals surface area contributed by atoms with Gasteiger partial charge in [-0.15, -0.1) is 6.42 Å². The van der Waals surface area contributed by atoms with E-state index in [1.54, 1.807) is 0 Å². The van der Waals surface area contributed by atoms with Crippen LogP contribution in [0.2, 0.25) is 0 Å². The van der Waals surface area contributed by atoms with Crippen molar-refractivity contribution in [2.75, 3.05) is 26.2 Å². The summed E-state index contributed by atoms with van der Waals surface area (Å²) in [6.07, 6.45) is 6.42. The zero-order valence-electron chi connectivity index (χ0n) is 12.1. The quantitative estimate of drug-likeness (QED) is 0.392. The smallest absolute Gasteiger partial charge is 0.192 e. The molecule has 0 aliphatic carbocycles. The molecule has 4 heteroatoms. The van der Waals surface area contributed by atoms with Gasteiger partial charge in [0.1, 0.15) is 0 Å². The van der Waals surface area contributed by atoms with Gasteiger partial charge in [-0.25, -0.2) is 0 Å². The average Bonchev–Trinajstić information content (AvgIpc) is 2.34. The second-order valence-electron chi connectivity index (χ2n) is 4.34. The molecule has 0 radical (unpaired) electrons. The first-order valence-corrected chi connectivity index (χ1v) is 6.72. The van der Waals surface area contributed by atoms with Crippen molar-refractivity contribution in [3.63, 3.8) is 0 Å². The first-order valence-electron chi connectivity index (χ1n) is 6.72. The molecule has 0 rings (SSSR count). The van der Waals surface area contributed by atoms with Crippen molar-refractivity contribution in [3.05, 3.63) is 0 Å². The Hall–Kier alpha value is -1.21. The minimum atomic E-state index is 0.272. The van der Waals surface area contributed by atoms with Crippen LogP contribution in [0.4, 0.5) is 0 Å². The maximum Gasteiger partial charge on any atom is 0.192 e. The van der Waals surface area contributed by atoms with Gasteiger partial charge in [0.15, 0.2) is 5.96 Å². The molecular formula is C14H27N3O. The lowest BCUT2D eigenvalue weighted by Crippen LogP contribution is -2.37. The summed E-state index contributed by atoms with van der Waals surface area (Å²) in [5.74, 6) is 3.83. The molecule has 0 fully saturated rings. The third-order valence-corrected chi connectivity index (χ3v) is 2.51. The second kappa shape index (κ2) is 10.9. The summed E-state index contributed by atoms with van der Waals surface area (Å²) < 4.78 is 5.68. The Balaban J connectivity index is 4.16. The van der Waals surface area contributed by atoms with Gasteiger partial charge < -0.3 is 15.4 Å². The van der Waals surface area contributed by atoms with Crippen LogP contribution >= 0.6 is 0 Å². The average molecular weight is 253 g/mol. The highest BCUT2D eigenvalue weighted by atomic mass is 16.5. The molecule has 0 spiro atoms. The Morgan fingerprint density at radius 3 is 2.56 bits per heavy atom. The molecule has 0 aliphatic heterocycles. The van der Waals surface area contributed by atoms with Crippen LogP contribution in [0.25, 0.3) is 0 Å². The molecule has 0 heterocycles. The van der Waals surface area contributed by atoms with Gasteiger partial charge in [0, 0.05) is 19.7 Å². The van der Waals surface area contributed by atoms with Crippen molar-refractivity contribution in [2.45, 2.75) is 40.2 Å². The lowest BCUT2D eigenvalue weighted by atomic mass is 10.0. The first-order chi connectivity index (χ1) is 8.65. The maximum atomic E-state index is 5.68. The largest absolute Gasteiger partial charge is 0.378 e. The number of hydrogen-bond donors (Lipinski definition) is 2. The fraction of sp³-hybridized carbons (Fsp3) is 0.786. The van der Waals surface area contributed by atoms with E-state index in [-0.39, 0.29) is 6.10 Å². The molecule has 0 aromatic heterocycles. The van der Waals surface area contributed by atoms with Crippen LogP contribution in [0.1, 0.15) is 34.1 Å². The van der Waals surface area contributed by atoms with Crippen molar-refractivity contribution in [2.24, 2.45) is 10.9 Å². The molecule has 0 aromatic rings. The monoisotopic (exact) mass is 253 g/mol. The zero-order valence-corrected chi connectivity index (χ0v) is 12.1. The van der Waals surface area contributed by atoms with Gasteiger partial charge in [-0.2, -0.15) is 0 Å². The number of terminal acetylenes is 1. The number of rotatable bonds is 8. The summed E-state index contributed by atoms with van der Waals surface area (Å²) in [7, 11) is 0. The Morgan fingerprint density at radius 2 is 2.06 bits per heavy atom. The molecular weight excluding hydrogens is 226 g/mol. The summed E-state index contributed by atoms with van der Waals surface area (Å²) in [4.78, 5) is 4.47. The normalized spacial score (nSPS) is 13.2. The second-order valence-corrected chi connectivity index (χ2v) is 4.34.